The summed E-state index contributed by atoms with van der Waals surface area (Å²) in [6.45, 7) is 13.8. The van der Waals surface area contributed by atoms with Gasteiger partial charge in [-0.15, -0.1) is 10.2 Å². The number of likely N-dealkylation sites (tertiary alicyclic amines) is 1. The normalized spacial score (nSPS) is 13.4. The molecule has 0 radical (unpaired) electrons. The highest BCUT2D eigenvalue weighted by Crippen LogP contribution is 2.22. The molecule has 1 aliphatic heterocycles. The number of aryl methyl sites for hydroxylation is 1. The zero-order valence-corrected chi connectivity index (χ0v) is 20.6. The number of hydrogen-bond donors (Lipinski definition) is 3. The number of Topliss-reactive ketones (excluding diaryl/α,β-unsaturated/α-hetero) is 1. The Morgan fingerprint density at radius 2 is 1.91 bits per heavy atom. The van der Waals surface area contributed by atoms with Crippen molar-refractivity contribution in [1.29, 1.82) is 0 Å². The van der Waals surface area contributed by atoms with Gasteiger partial charge < -0.3 is 20.1 Å². The summed E-state index contributed by atoms with van der Waals surface area (Å²) in [5, 5.41) is 29.3. The topological polar surface area (TPSA) is 121 Å². The van der Waals surface area contributed by atoms with E-state index in [4.69, 9.17) is 5.11 Å². The number of nitrogens with one attached hydrogen (secondary N) is 1. The molecule has 0 bridgehead atoms. The molecule has 0 unspecified atom stereocenters. The molecule has 1 saturated heterocycles. The summed E-state index contributed by atoms with van der Waals surface area (Å²) in [7, 11) is 0. The zero-order chi connectivity index (χ0) is 24.8. The molecule has 1 aliphatic rings. The van der Waals surface area contributed by atoms with Crippen LogP contribution >= 0.6 is 0 Å². The highest BCUT2D eigenvalue weighted by molar-refractivity contribution is 5.81. The molecule has 0 saturated carbocycles. The monoisotopic (exact) mass is 461 g/mol. The maximum Gasteiger partial charge on any atom is 0.224 e. The van der Waals surface area contributed by atoms with E-state index in [0.29, 0.717) is 24.4 Å². The molecular weight excluding hydrogens is 422 g/mol. The quantitative estimate of drug-likeness (QED) is 0.580. The van der Waals surface area contributed by atoms with Gasteiger partial charge in [-0.1, -0.05) is 26.8 Å². The molecule has 2 aromatic rings. The molecule has 1 aromatic heterocycles. The van der Waals surface area contributed by atoms with Crippen molar-refractivity contribution in [2.75, 3.05) is 19.6 Å². The van der Waals surface area contributed by atoms with Crippen molar-refractivity contribution in [1.82, 2.24) is 25.0 Å². The zero-order valence-electron chi connectivity index (χ0n) is 20.6. The van der Waals surface area contributed by atoms with E-state index in [1.807, 2.05) is 27.7 Å². The SMILES string of the molecule is CC.CCCn1c(C)nnc1CN1CCCC(=O)C1.CCNC(=O)Cc1ccc(O)cc1O. The Bertz CT molecular complexity index is 882. The number of aromatic hydroxyl groups is 2. The second-order valence-electron chi connectivity index (χ2n) is 7.61. The number of likely N-dealkylation sites (N-methyl/N-ethyl adjacent to an activating group) is 1. The minimum absolute atomic E-state index is 0.0119. The Balaban J connectivity index is 0.000000313. The van der Waals surface area contributed by atoms with Gasteiger partial charge in [0.1, 0.15) is 28.9 Å². The summed E-state index contributed by atoms with van der Waals surface area (Å²) in [6, 6.07) is 4.18. The first-order valence-corrected chi connectivity index (χ1v) is 11.7. The first-order valence-electron chi connectivity index (χ1n) is 11.7. The van der Waals surface area contributed by atoms with Crippen molar-refractivity contribution >= 4 is 11.7 Å². The van der Waals surface area contributed by atoms with Crippen LogP contribution in [0.3, 0.4) is 0 Å². The van der Waals surface area contributed by atoms with Gasteiger partial charge in [0.15, 0.2) is 0 Å². The maximum atomic E-state index is 11.4. The number of nitrogens with zero attached hydrogens (tertiary/aromatic N) is 4. The van der Waals surface area contributed by atoms with E-state index in [1.165, 1.54) is 18.2 Å². The van der Waals surface area contributed by atoms with Crippen LogP contribution in [0.25, 0.3) is 0 Å². The summed E-state index contributed by atoms with van der Waals surface area (Å²) < 4.78 is 2.15. The maximum absolute atomic E-state index is 11.4. The van der Waals surface area contributed by atoms with E-state index in [9.17, 15) is 14.7 Å². The number of piperidine rings is 1. The van der Waals surface area contributed by atoms with Crippen molar-refractivity contribution in [3.63, 3.8) is 0 Å². The number of hydrogen-bond acceptors (Lipinski definition) is 7. The van der Waals surface area contributed by atoms with Crippen molar-refractivity contribution in [3.05, 3.63) is 35.4 Å². The van der Waals surface area contributed by atoms with Gasteiger partial charge in [-0.2, -0.15) is 0 Å². The molecule has 9 nitrogen and oxygen atoms in total. The van der Waals surface area contributed by atoms with Gasteiger partial charge in [-0.05, 0) is 39.3 Å². The predicted octanol–water partition coefficient (Wildman–Crippen LogP) is 2.96. The highest BCUT2D eigenvalue weighted by Gasteiger charge is 2.19. The molecule has 9 heteroatoms. The Labute approximate surface area is 196 Å². The molecule has 1 aromatic carbocycles. The predicted molar refractivity (Wildman–Crippen MR) is 128 cm³/mol. The Hall–Kier alpha value is -2.94. The number of amides is 1. The standard InChI is InChI=1S/C12H20N4O.C10H13NO3.C2H6/c1-3-6-16-10(2)13-14-12(16)9-15-7-4-5-11(17)8-15;1-2-11-10(14)5-7-3-4-8(12)6-9(7)13;1-2/h3-9H2,1-2H3;3-4,6,12-13H,2,5H2,1H3,(H,11,14);1-2H3. The van der Waals surface area contributed by atoms with Gasteiger partial charge in [0.25, 0.3) is 0 Å². The number of ketones is 1. The van der Waals surface area contributed by atoms with E-state index in [1.54, 1.807) is 0 Å². The van der Waals surface area contributed by atoms with Gasteiger partial charge >= 0.3 is 0 Å². The lowest BCUT2D eigenvalue weighted by Crippen LogP contribution is -2.35. The molecule has 0 atom stereocenters. The number of carbonyl (C=O) groups excluding carboxylic acids is 2. The van der Waals surface area contributed by atoms with Crippen molar-refractivity contribution in [2.24, 2.45) is 0 Å². The van der Waals surface area contributed by atoms with E-state index < -0.39 is 0 Å². The van der Waals surface area contributed by atoms with Crippen LogP contribution < -0.4 is 5.32 Å². The Kier molecular flexibility index (Phi) is 12.8. The highest BCUT2D eigenvalue weighted by atomic mass is 16.3. The van der Waals surface area contributed by atoms with E-state index in [2.05, 4.69) is 31.9 Å². The summed E-state index contributed by atoms with van der Waals surface area (Å²) in [6.07, 6.45) is 2.90. The third-order valence-electron chi connectivity index (χ3n) is 4.95. The fourth-order valence-electron chi connectivity index (χ4n) is 3.43. The van der Waals surface area contributed by atoms with Crippen LogP contribution in [0.2, 0.25) is 0 Å². The minimum Gasteiger partial charge on any atom is -0.508 e. The molecular formula is C24H39N5O4. The molecule has 33 heavy (non-hydrogen) atoms. The summed E-state index contributed by atoms with van der Waals surface area (Å²) in [4.78, 5) is 24.7. The summed E-state index contributed by atoms with van der Waals surface area (Å²) in [5.41, 5.74) is 0.508. The number of phenolic OH excluding ortho intramolecular Hbond substituents is 2. The second kappa shape index (κ2) is 15.0. The molecule has 1 amide bonds. The first kappa shape index (κ1) is 28.1. The smallest absolute Gasteiger partial charge is 0.224 e. The third-order valence-corrected chi connectivity index (χ3v) is 4.95. The van der Waals surface area contributed by atoms with Gasteiger partial charge in [0.05, 0.1) is 19.5 Å². The van der Waals surface area contributed by atoms with Crippen molar-refractivity contribution in [2.45, 2.75) is 73.4 Å². The average molecular weight is 462 g/mol. The molecule has 0 aliphatic carbocycles. The first-order chi connectivity index (χ1) is 15.8. The van der Waals surface area contributed by atoms with Gasteiger partial charge in [0, 0.05) is 31.1 Å². The second-order valence-corrected chi connectivity index (χ2v) is 7.61. The summed E-state index contributed by atoms with van der Waals surface area (Å²) >= 11 is 0. The fourth-order valence-corrected chi connectivity index (χ4v) is 3.43. The molecule has 1 fully saturated rings. The molecule has 0 spiro atoms. The lowest BCUT2D eigenvalue weighted by molar-refractivity contribution is -0.122. The lowest BCUT2D eigenvalue weighted by atomic mass is 10.1. The van der Waals surface area contributed by atoms with Crippen molar-refractivity contribution < 1.29 is 19.8 Å². The molecule has 184 valence electrons. The lowest BCUT2D eigenvalue weighted by Gasteiger charge is -2.25. The number of benzene rings is 1. The molecule has 2 heterocycles. The minimum atomic E-state index is -0.145. The van der Waals surface area contributed by atoms with Crippen LogP contribution in [-0.4, -0.2) is 61.2 Å². The average Bonchev–Trinajstić information content (AvgIpc) is 3.12. The summed E-state index contributed by atoms with van der Waals surface area (Å²) in [5.74, 6) is 2.07. The molecule has 3 rings (SSSR count). The van der Waals surface area contributed by atoms with Crippen LogP contribution in [0.1, 0.15) is 64.2 Å². The van der Waals surface area contributed by atoms with Crippen LogP contribution in [0.15, 0.2) is 18.2 Å². The van der Waals surface area contributed by atoms with Gasteiger partial charge in [-0.3, -0.25) is 14.5 Å². The van der Waals surface area contributed by atoms with Crippen LogP contribution in [-0.2, 0) is 29.1 Å². The van der Waals surface area contributed by atoms with E-state index in [-0.39, 0.29) is 23.8 Å². The Morgan fingerprint density at radius 1 is 1.18 bits per heavy atom. The largest absolute Gasteiger partial charge is 0.508 e. The molecule has 3 N–H and O–H groups in total. The van der Waals surface area contributed by atoms with E-state index >= 15 is 0 Å². The number of rotatable bonds is 7. The van der Waals surface area contributed by atoms with Gasteiger partial charge in [-0.25, -0.2) is 0 Å². The van der Waals surface area contributed by atoms with E-state index in [0.717, 1.165) is 50.5 Å². The number of carbonyl (C=O) groups is 2. The number of aromatic nitrogens is 3. The van der Waals surface area contributed by atoms with Crippen LogP contribution in [0.4, 0.5) is 0 Å². The Morgan fingerprint density at radius 3 is 2.52 bits per heavy atom. The fraction of sp³-hybridized carbons (Fsp3) is 0.583. The van der Waals surface area contributed by atoms with Crippen LogP contribution in [0, 0.1) is 6.92 Å². The van der Waals surface area contributed by atoms with Crippen molar-refractivity contribution in [3.8, 4) is 11.5 Å². The third kappa shape index (κ3) is 9.61. The van der Waals surface area contributed by atoms with Gasteiger partial charge in [0.2, 0.25) is 5.91 Å². The number of phenols is 2. The van der Waals surface area contributed by atoms with Crippen LogP contribution in [0.5, 0.6) is 11.5 Å².